The van der Waals surface area contributed by atoms with Gasteiger partial charge in [-0.05, 0) is 31.5 Å². The molecule has 3 aromatic rings. The quantitative estimate of drug-likeness (QED) is 0.646. The summed E-state index contributed by atoms with van der Waals surface area (Å²) in [6, 6.07) is 10.6. The normalized spacial score (nSPS) is 21.1. The van der Waals surface area contributed by atoms with E-state index in [0.717, 1.165) is 32.5 Å². The first-order valence-corrected chi connectivity index (χ1v) is 10.9. The van der Waals surface area contributed by atoms with Crippen LogP contribution in [0.5, 0.6) is 0 Å². The fraction of sp³-hybridized carbons (Fsp3) is 0.478. The van der Waals surface area contributed by atoms with Gasteiger partial charge in [0.05, 0.1) is 17.7 Å². The number of piperidine rings is 1. The molecule has 8 nitrogen and oxygen atoms in total. The van der Waals surface area contributed by atoms with Crippen molar-refractivity contribution in [1.29, 1.82) is 0 Å². The minimum atomic E-state index is -0.0377. The zero-order valence-corrected chi connectivity index (χ0v) is 18.1. The number of amides is 1. The maximum absolute atomic E-state index is 13.2. The summed E-state index contributed by atoms with van der Waals surface area (Å²) in [5.41, 5.74) is 1.92. The molecule has 0 radical (unpaired) electrons. The molecule has 5 rings (SSSR count). The number of carbonyl (C=O) groups is 1. The van der Waals surface area contributed by atoms with Crippen LogP contribution in [-0.2, 0) is 13.6 Å². The minimum Gasteiger partial charge on any atom is -0.425 e. The first-order valence-electron chi connectivity index (χ1n) is 10.9. The third-order valence-corrected chi connectivity index (χ3v) is 6.83. The maximum Gasteiger partial charge on any atom is 0.257 e. The van der Waals surface area contributed by atoms with Gasteiger partial charge in [0, 0.05) is 45.2 Å². The molecule has 0 aliphatic carbocycles. The molecule has 2 fully saturated rings. The van der Waals surface area contributed by atoms with Gasteiger partial charge < -0.3 is 9.32 Å². The number of hydrogen-bond acceptors (Lipinski definition) is 6. The standard InChI is InChI=1S/C23H28N6O2/c1-17-25-26-21(31-17)20-15-29(22(30)19-12-24-27(2)14-19)16-23(20)8-10-28(11-9-23)13-18-6-4-3-5-7-18/h3-7,12,14,20H,8-11,13,15-16H2,1-2H3/t20-/m1/s1. The second-order valence-electron chi connectivity index (χ2n) is 8.92. The molecule has 1 atom stereocenters. The van der Waals surface area contributed by atoms with Crippen molar-refractivity contribution in [2.75, 3.05) is 26.2 Å². The summed E-state index contributed by atoms with van der Waals surface area (Å²) in [6.07, 6.45) is 5.43. The zero-order valence-electron chi connectivity index (χ0n) is 18.1. The summed E-state index contributed by atoms with van der Waals surface area (Å²) in [5, 5.41) is 12.6. The van der Waals surface area contributed by atoms with Crippen LogP contribution in [0.4, 0.5) is 0 Å². The molecule has 2 aliphatic heterocycles. The van der Waals surface area contributed by atoms with Gasteiger partial charge in [0.25, 0.3) is 5.91 Å². The first kappa shape index (κ1) is 19.9. The number of benzene rings is 1. The summed E-state index contributed by atoms with van der Waals surface area (Å²) in [7, 11) is 1.83. The van der Waals surface area contributed by atoms with Crippen LogP contribution < -0.4 is 0 Å². The molecule has 0 N–H and O–H groups in total. The Morgan fingerprint density at radius 2 is 1.97 bits per heavy atom. The minimum absolute atomic E-state index is 0.0259. The SMILES string of the molecule is Cc1nnc([C@H]2CN(C(=O)c3cnn(C)c3)CC23CCN(Cc2ccccc2)CC3)o1. The highest BCUT2D eigenvalue weighted by Gasteiger charge is 2.52. The lowest BCUT2D eigenvalue weighted by atomic mass is 9.70. The Morgan fingerprint density at radius 1 is 1.19 bits per heavy atom. The van der Waals surface area contributed by atoms with Crippen LogP contribution in [-0.4, -0.2) is 61.9 Å². The average Bonchev–Trinajstić information content (AvgIpc) is 3.49. The third kappa shape index (κ3) is 3.87. The van der Waals surface area contributed by atoms with E-state index >= 15 is 0 Å². The van der Waals surface area contributed by atoms with Gasteiger partial charge in [0.15, 0.2) is 0 Å². The van der Waals surface area contributed by atoms with Crippen molar-refractivity contribution in [3.63, 3.8) is 0 Å². The molecule has 2 aromatic heterocycles. The fourth-order valence-electron chi connectivity index (χ4n) is 5.14. The Bertz CT molecular complexity index is 1050. The van der Waals surface area contributed by atoms with Gasteiger partial charge in [-0.2, -0.15) is 5.10 Å². The molecule has 4 heterocycles. The third-order valence-electron chi connectivity index (χ3n) is 6.83. The smallest absolute Gasteiger partial charge is 0.257 e. The van der Waals surface area contributed by atoms with E-state index in [-0.39, 0.29) is 17.2 Å². The molecule has 2 saturated heterocycles. The predicted octanol–water partition coefficient (Wildman–Crippen LogP) is 2.63. The topological polar surface area (TPSA) is 80.3 Å². The van der Waals surface area contributed by atoms with Gasteiger partial charge >= 0.3 is 0 Å². The van der Waals surface area contributed by atoms with E-state index in [1.807, 2.05) is 18.9 Å². The van der Waals surface area contributed by atoms with Gasteiger partial charge in [-0.15, -0.1) is 10.2 Å². The number of aryl methyl sites for hydroxylation is 2. The van der Waals surface area contributed by atoms with E-state index in [9.17, 15) is 4.79 Å². The van der Waals surface area contributed by atoms with Crippen molar-refractivity contribution in [3.05, 3.63) is 65.6 Å². The van der Waals surface area contributed by atoms with E-state index in [1.165, 1.54) is 5.56 Å². The van der Waals surface area contributed by atoms with Crippen LogP contribution in [0, 0.1) is 12.3 Å². The van der Waals surface area contributed by atoms with E-state index in [0.29, 0.717) is 30.4 Å². The molecule has 0 bridgehead atoms. The molecular weight excluding hydrogens is 392 g/mol. The van der Waals surface area contributed by atoms with E-state index in [1.54, 1.807) is 17.1 Å². The number of carbonyl (C=O) groups excluding carboxylic acids is 1. The molecule has 1 aromatic carbocycles. The summed E-state index contributed by atoms with van der Waals surface area (Å²) < 4.78 is 7.53. The number of aromatic nitrogens is 4. The molecule has 2 aliphatic rings. The monoisotopic (exact) mass is 420 g/mol. The first-order chi connectivity index (χ1) is 15.0. The second kappa shape index (κ2) is 7.92. The summed E-state index contributed by atoms with van der Waals surface area (Å²) >= 11 is 0. The highest BCUT2D eigenvalue weighted by molar-refractivity contribution is 5.94. The van der Waals surface area contributed by atoms with Crippen molar-refractivity contribution in [1.82, 2.24) is 29.8 Å². The maximum atomic E-state index is 13.2. The number of rotatable bonds is 4. The lowest BCUT2D eigenvalue weighted by Gasteiger charge is -2.41. The van der Waals surface area contributed by atoms with Gasteiger partial charge in [-0.1, -0.05) is 30.3 Å². The second-order valence-corrected chi connectivity index (χ2v) is 8.92. The van der Waals surface area contributed by atoms with Crippen LogP contribution in [0.2, 0.25) is 0 Å². The lowest BCUT2D eigenvalue weighted by Crippen LogP contribution is -2.43. The van der Waals surface area contributed by atoms with Crippen LogP contribution in [0.3, 0.4) is 0 Å². The van der Waals surface area contributed by atoms with E-state index < -0.39 is 0 Å². The Kier molecular flexibility index (Phi) is 5.09. The Labute approximate surface area is 181 Å². The molecule has 0 saturated carbocycles. The molecule has 8 heteroatoms. The fourth-order valence-corrected chi connectivity index (χ4v) is 5.14. The summed E-state index contributed by atoms with van der Waals surface area (Å²) in [6.45, 7) is 6.08. The van der Waals surface area contributed by atoms with Crippen LogP contribution in [0.25, 0.3) is 0 Å². The summed E-state index contributed by atoms with van der Waals surface area (Å²) in [4.78, 5) is 17.6. The summed E-state index contributed by atoms with van der Waals surface area (Å²) in [5.74, 6) is 1.32. The Morgan fingerprint density at radius 3 is 2.61 bits per heavy atom. The van der Waals surface area contributed by atoms with Crippen molar-refractivity contribution < 1.29 is 9.21 Å². The Balaban J connectivity index is 1.35. The van der Waals surface area contributed by atoms with E-state index in [4.69, 9.17) is 4.42 Å². The Hall–Kier alpha value is -3.00. The number of likely N-dealkylation sites (tertiary alicyclic amines) is 2. The van der Waals surface area contributed by atoms with Crippen molar-refractivity contribution >= 4 is 5.91 Å². The molecular formula is C23H28N6O2. The molecule has 1 spiro atoms. The van der Waals surface area contributed by atoms with Crippen LogP contribution >= 0.6 is 0 Å². The van der Waals surface area contributed by atoms with Crippen molar-refractivity contribution in [2.45, 2.75) is 32.2 Å². The highest BCUT2D eigenvalue weighted by Crippen LogP contribution is 2.49. The zero-order chi connectivity index (χ0) is 21.4. The molecule has 0 unspecified atom stereocenters. The van der Waals surface area contributed by atoms with Crippen LogP contribution in [0.1, 0.15) is 46.5 Å². The lowest BCUT2D eigenvalue weighted by molar-refractivity contribution is 0.0688. The predicted molar refractivity (Wildman–Crippen MR) is 114 cm³/mol. The van der Waals surface area contributed by atoms with Gasteiger partial charge in [-0.3, -0.25) is 14.4 Å². The van der Waals surface area contributed by atoms with Gasteiger partial charge in [0.1, 0.15) is 0 Å². The van der Waals surface area contributed by atoms with Gasteiger partial charge in [-0.25, -0.2) is 0 Å². The van der Waals surface area contributed by atoms with Crippen molar-refractivity contribution in [3.8, 4) is 0 Å². The van der Waals surface area contributed by atoms with Crippen molar-refractivity contribution in [2.24, 2.45) is 12.5 Å². The molecule has 31 heavy (non-hydrogen) atoms. The average molecular weight is 421 g/mol. The van der Waals surface area contributed by atoms with E-state index in [2.05, 4.69) is 50.5 Å². The molecule has 1 amide bonds. The molecule has 162 valence electrons. The number of nitrogens with zero attached hydrogens (tertiary/aromatic N) is 6. The number of hydrogen-bond donors (Lipinski definition) is 0. The largest absolute Gasteiger partial charge is 0.425 e. The van der Waals surface area contributed by atoms with Gasteiger partial charge in [0.2, 0.25) is 11.8 Å². The highest BCUT2D eigenvalue weighted by atomic mass is 16.4. The van der Waals surface area contributed by atoms with Crippen LogP contribution in [0.15, 0.2) is 47.1 Å².